The lowest BCUT2D eigenvalue weighted by molar-refractivity contribution is 0.0363. The second kappa shape index (κ2) is 12.0. The molecule has 40 heavy (non-hydrogen) atoms. The van der Waals surface area contributed by atoms with Crippen molar-refractivity contribution < 1.29 is 14.6 Å². The number of imidazole rings is 1. The number of ether oxygens (including phenoxy) is 1. The first kappa shape index (κ1) is 27.5. The molecule has 2 aromatic heterocycles. The molecule has 1 atom stereocenters. The highest BCUT2D eigenvalue weighted by Gasteiger charge is 2.28. The van der Waals surface area contributed by atoms with Crippen LogP contribution in [0.3, 0.4) is 0 Å². The average molecular weight is 544 g/mol. The van der Waals surface area contributed by atoms with Gasteiger partial charge in [0.2, 0.25) is 0 Å². The number of tetrazole rings is 1. The van der Waals surface area contributed by atoms with E-state index in [-0.39, 0.29) is 24.6 Å². The van der Waals surface area contributed by atoms with Crippen molar-refractivity contribution in [3.63, 3.8) is 0 Å². The summed E-state index contributed by atoms with van der Waals surface area (Å²) in [5, 5.41) is 24.8. The van der Waals surface area contributed by atoms with Crippen molar-refractivity contribution in [1.29, 1.82) is 0 Å². The molecule has 0 saturated carbocycles. The number of fused-ring (bicyclic) bond motifs is 2. The van der Waals surface area contributed by atoms with Crippen molar-refractivity contribution in [2.24, 2.45) is 0 Å². The van der Waals surface area contributed by atoms with Crippen molar-refractivity contribution in [1.82, 2.24) is 30.2 Å². The molecule has 10 heteroatoms. The van der Waals surface area contributed by atoms with Crippen molar-refractivity contribution in [2.75, 3.05) is 11.5 Å². The van der Waals surface area contributed by atoms with Gasteiger partial charge in [0.1, 0.15) is 5.82 Å². The van der Waals surface area contributed by atoms with Gasteiger partial charge >= 0.3 is 5.97 Å². The van der Waals surface area contributed by atoms with Gasteiger partial charge in [0.25, 0.3) is 0 Å². The predicted molar refractivity (Wildman–Crippen MR) is 152 cm³/mol. The molecule has 0 fully saturated rings. The van der Waals surface area contributed by atoms with Crippen LogP contribution in [0, 0.1) is 0 Å². The molecule has 5 rings (SSSR count). The molecule has 0 radical (unpaired) electrons. The number of carbonyl (C=O) groups is 1. The lowest BCUT2D eigenvalue weighted by atomic mass is 10.0. The fourth-order valence-electron chi connectivity index (χ4n) is 5.46. The number of nitrogens with one attached hydrogen (secondary N) is 1. The molecule has 10 nitrogen and oxygen atoms in total. The van der Waals surface area contributed by atoms with Crippen LogP contribution < -0.4 is 4.90 Å². The molecule has 1 unspecified atom stereocenters. The minimum Gasteiger partial charge on any atom is -0.458 e. The summed E-state index contributed by atoms with van der Waals surface area (Å²) in [6, 6.07) is 14.9. The zero-order chi connectivity index (χ0) is 28.2. The predicted octanol–water partition coefficient (Wildman–Crippen LogP) is 4.49. The first-order valence-corrected chi connectivity index (χ1v) is 14.0. The quantitative estimate of drug-likeness (QED) is 0.281. The second-order valence-electron chi connectivity index (χ2n) is 10.5. The molecule has 1 aliphatic heterocycles. The van der Waals surface area contributed by atoms with Gasteiger partial charge in [0, 0.05) is 23.8 Å². The van der Waals surface area contributed by atoms with Crippen molar-refractivity contribution in [2.45, 2.75) is 78.5 Å². The normalized spacial score (nSPS) is 13.6. The first-order valence-electron chi connectivity index (χ1n) is 14.0. The molecular formula is C30H37N7O3. The number of hydrogen-bond donors (Lipinski definition) is 2. The number of H-pyrrole nitrogens is 1. The summed E-state index contributed by atoms with van der Waals surface area (Å²) >= 11 is 0. The topological polar surface area (TPSA) is 122 Å². The largest absolute Gasteiger partial charge is 0.458 e. The van der Waals surface area contributed by atoms with E-state index in [9.17, 15) is 9.90 Å². The SMILES string of the molecule is CCc1nc(C(CC)CO)n(Cc2ccc3c(c2)CCc2ccccc2N3Cc2nn[nH]n2)c1C(=O)OC(C)C. The Morgan fingerprint density at radius 1 is 1.07 bits per heavy atom. The number of aromatic amines is 1. The maximum Gasteiger partial charge on any atom is 0.357 e. The fraction of sp³-hybridized carbons (Fsp3) is 0.433. The summed E-state index contributed by atoms with van der Waals surface area (Å²) in [5.41, 5.74) is 6.92. The third-order valence-corrected chi connectivity index (χ3v) is 7.43. The molecule has 0 amide bonds. The fourth-order valence-corrected chi connectivity index (χ4v) is 5.46. The number of para-hydroxylation sites is 1. The number of benzene rings is 2. The second-order valence-corrected chi connectivity index (χ2v) is 10.5. The van der Waals surface area contributed by atoms with Crippen LogP contribution in [0.4, 0.5) is 11.4 Å². The first-order chi connectivity index (χ1) is 19.4. The van der Waals surface area contributed by atoms with Crippen molar-refractivity contribution in [3.05, 3.63) is 82.2 Å². The van der Waals surface area contributed by atoms with Gasteiger partial charge in [-0.15, -0.1) is 10.2 Å². The van der Waals surface area contributed by atoms with Crippen molar-refractivity contribution >= 4 is 17.3 Å². The highest BCUT2D eigenvalue weighted by atomic mass is 16.5. The number of carbonyl (C=O) groups excluding carboxylic acids is 1. The lowest BCUT2D eigenvalue weighted by Crippen LogP contribution is -2.21. The number of aromatic nitrogens is 6. The van der Waals surface area contributed by atoms with E-state index in [2.05, 4.69) is 68.0 Å². The number of aryl methyl sites for hydroxylation is 3. The Morgan fingerprint density at radius 3 is 2.55 bits per heavy atom. The third-order valence-electron chi connectivity index (χ3n) is 7.43. The summed E-state index contributed by atoms with van der Waals surface area (Å²) in [6.45, 7) is 8.61. The zero-order valence-electron chi connectivity index (χ0n) is 23.6. The van der Waals surface area contributed by atoms with Crippen LogP contribution in [0.25, 0.3) is 0 Å². The molecule has 0 aliphatic carbocycles. The molecule has 0 bridgehead atoms. The number of anilines is 2. The molecule has 210 valence electrons. The van der Waals surface area contributed by atoms with Gasteiger partial charge in [0.15, 0.2) is 11.5 Å². The average Bonchev–Trinajstić information content (AvgIpc) is 3.56. The molecule has 0 saturated heterocycles. The van der Waals surface area contributed by atoms with Gasteiger partial charge in [-0.2, -0.15) is 5.21 Å². The van der Waals surface area contributed by atoms with Crippen molar-refractivity contribution in [3.8, 4) is 0 Å². The van der Waals surface area contributed by atoms with E-state index in [1.807, 2.05) is 32.3 Å². The molecule has 4 aromatic rings. The number of nitrogens with zero attached hydrogens (tertiary/aromatic N) is 6. The zero-order valence-corrected chi connectivity index (χ0v) is 23.6. The van der Waals surface area contributed by atoms with E-state index >= 15 is 0 Å². The number of esters is 1. The Balaban J connectivity index is 1.56. The maximum atomic E-state index is 13.3. The van der Waals surface area contributed by atoms with Crippen LogP contribution in [0.1, 0.15) is 84.6 Å². The minimum absolute atomic E-state index is 0.0389. The Bertz CT molecular complexity index is 1460. The minimum atomic E-state index is -0.380. The molecule has 2 aromatic carbocycles. The van der Waals surface area contributed by atoms with E-state index in [1.165, 1.54) is 11.1 Å². The molecule has 1 aliphatic rings. The van der Waals surface area contributed by atoms with Gasteiger partial charge in [-0.05, 0) is 68.4 Å². The van der Waals surface area contributed by atoms with Gasteiger partial charge in [0.05, 0.1) is 24.9 Å². The smallest absolute Gasteiger partial charge is 0.357 e. The van der Waals surface area contributed by atoms with Crippen LogP contribution in [0.5, 0.6) is 0 Å². The van der Waals surface area contributed by atoms with Gasteiger partial charge < -0.3 is 19.3 Å². The molecule has 2 N–H and O–H groups in total. The summed E-state index contributed by atoms with van der Waals surface area (Å²) in [5.74, 6) is 0.782. The Morgan fingerprint density at radius 2 is 1.85 bits per heavy atom. The third kappa shape index (κ3) is 5.49. The van der Waals surface area contributed by atoms with Gasteiger partial charge in [-0.1, -0.05) is 49.4 Å². The van der Waals surface area contributed by atoms with E-state index < -0.39 is 0 Å². The van der Waals surface area contributed by atoms with Crippen LogP contribution in [0.2, 0.25) is 0 Å². The number of hydrogen-bond acceptors (Lipinski definition) is 8. The Hall–Kier alpha value is -4.05. The monoisotopic (exact) mass is 543 g/mol. The van der Waals surface area contributed by atoms with Crippen LogP contribution in [-0.2, 0) is 37.1 Å². The van der Waals surface area contributed by atoms with E-state index in [1.54, 1.807) is 0 Å². The summed E-state index contributed by atoms with van der Waals surface area (Å²) < 4.78 is 7.59. The van der Waals surface area contributed by atoms with Crippen LogP contribution >= 0.6 is 0 Å². The van der Waals surface area contributed by atoms with E-state index in [4.69, 9.17) is 9.72 Å². The van der Waals surface area contributed by atoms with Gasteiger partial charge in [-0.3, -0.25) is 0 Å². The maximum absolute atomic E-state index is 13.3. The highest BCUT2D eigenvalue weighted by molar-refractivity contribution is 5.89. The van der Waals surface area contributed by atoms with E-state index in [0.717, 1.165) is 35.6 Å². The van der Waals surface area contributed by atoms with E-state index in [0.29, 0.717) is 43.1 Å². The summed E-state index contributed by atoms with van der Waals surface area (Å²) in [4.78, 5) is 20.4. The number of aliphatic hydroxyl groups is 1. The molecular weight excluding hydrogens is 506 g/mol. The Labute approximate surface area is 234 Å². The molecule has 3 heterocycles. The Kier molecular flexibility index (Phi) is 8.25. The number of rotatable bonds is 10. The molecule has 0 spiro atoms. The standard InChI is InChI=1S/C30H37N7O3/c1-5-21(18-38)29-31-24(6-2)28(30(39)40-19(3)4)37(29)16-20-11-14-26-23(15-20)13-12-22-9-7-8-10-25(22)36(26)17-27-32-34-35-33-27/h7-11,14-15,19,21,38H,5-6,12-13,16-18H2,1-4H3,(H,32,33,34,35). The summed E-state index contributed by atoms with van der Waals surface area (Å²) in [6.07, 6.45) is 2.83. The van der Waals surface area contributed by atoms with Crippen LogP contribution in [0.15, 0.2) is 42.5 Å². The van der Waals surface area contributed by atoms with Gasteiger partial charge in [-0.25, -0.2) is 9.78 Å². The lowest BCUT2D eigenvalue weighted by Gasteiger charge is -2.26. The number of aliphatic hydroxyl groups excluding tert-OH is 1. The van der Waals surface area contributed by atoms with Crippen LogP contribution in [-0.4, -0.2) is 54.0 Å². The summed E-state index contributed by atoms with van der Waals surface area (Å²) in [7, 11) is 0. The highest BCUT2D eigenvalue weighted by Crippen LogP contribution is 2.37.